The van der Waals surface area contributed by atoms with Crippen molar-refractivity contribution >= 4 is 23.0 Å². The highest BCUT2D eigenvalue weighted by atomic mass is 16.6. The molecule has 1 aliphatic heterocycles. The van der Waals surface area contributed by atoms with E-state index in [0.29, 0.717) is 13.2 Å². The summed E-state index contributed by atoms with van der Waals surface area (Å²) in [7, 11) is 3.50. The Morgan fingerprint density at radius 2 is 1.78 bits per heavy atom. The molecule has 0 spiro atoms. The van der Waals surface area contributed by atoms with E-state index in [1.807, 2.05) is 80.7 Å². The summed E-state index contributed by atoms with van der Waals surface area (Å²) >= 11 is 0. The zero-order valence-corrected chi connectivity index (χ0v) is 25.9. The number of cyclic esters (lactones) is 1. The number of aromatic nitrogens is 3. The first-order valence-electron chi connectivity index (χ1n) is 15.0. The van der Waals surface area contributed by atoms with Gasteiger partial charge in [0.05, 0.1) is 25.8 Å². The highest BCUT2D eigenvalue weighted by Gasteiger charge is 2.40. The first-order chi connectivity index (χ1) is 21.8. The van der Waals surface area contributed by atoms with E-state index in [4.69, 9.17) is 14.2 Å². The van der Waals surface area contributed by atoms with Crippen molar-refractivity contribution < 1.29 is 23.8 Å². The first kappa shape index (κ1) is 30.0. The molecular weight excluding hydrogens is 568 g/mol. The number of carbonyl (C=O) groups excluding carboxylic acids is 2. The number of methoxy groups -OCH3 is 1. The monoisotopic (exact) mass is 604 g/mol. The molecule has 1 unspecified atom stereocenters. The van der Waals surface area contributed by atoms with Gasteiger partial charge in [0.25, 0.3) is 0 Å². The molecule has 0 saturated carbocycles. The number of carbonyl (C=O) groups is 2. The summed E-state index contributed by atoms with van der Waals surface area (Å²) < 4.78 is 18.5. The molecule has 6 rings (SSSR count). The van der Waals surface area contributed by atoms with Crippen LogP contribution >= 0.6 is 0 Å². The maximum Gasteiger partial charge on any atom is 0.417 e. The standard InChI is InChI=1S/C36H36N4O5/c1-23-10-13-27(18-28(23)21-44-20-25-11-14-29(43-4)15-12-25)31(30-16-17-32-35(24(30)2)37-38-39(32)3)19-34(41)40-33(22-45-36(40)42)26-8-6-5-7-9-26/h5-18,31,33H,19-22H2,1-4H3/t31?,33-/m1/s1. The number of imide groups is 1. The zero-order valence-electron chi connectivity index (χ0n) is 25.9. The van der Waals surface area contributed by atoms with Crippen LogP contribution in [0.3, 0.4) is 0 Å². The number of hydrogen-bond acceptors (Lipinski definition) is 7. The second-order valence-corrected chi connectivity index (χ2v) is 11.4. The smallest absolute Gasteiger partial charge is 0.417 e. The maximum atomic E-state index is 14.1. The third-order valence-corrected chi connectivity index (χ3v) is 8.62. The number of hydrogen-bond donors (Lipinski definition) is 0. The average molecular weight is 605 g/mol. The number of nitrogens with zero attached hydrogens (tertiary/aromatic N) is 4. The quantitative estimate of drug-likeness (QED) is 0.178. The predicted molar refractivity (Wildman–Crippen MR) is 170 cm³/mol. The van der Waals surface area contributed by atoms with Gasteiger partial charge in [0.2, 0.25) is 5.91 Å². The summed E-state index contributed by atoms with van der Waals surface area (Å²) in [6.07, 6.45) is -0.550. The van der Waals surface area contributed by atoms with E-state index in [9.17, 15) is 9.59 Å². The van der Waals surface area contributed by atoms with Gasteiger partial charge in [-0.15, -0.1) is 5.10 Å². The number of fused-ring (bicyclic) bond motifs is 1. The molecule has 1 fully saturated rings. The van der Waals surface area contributed by atoms with E-state index in [2.05, 4.69) is 35.4 Å². The summed E-state index contributed by atoms with van der Waals surface area (Å²) in [5, 5.41) is 8.61. The number of rotatable bonds is 10. The van der Waals surface area contributed by atoms with Gasteiger partial charge in [0, 0.05) is 19.4 Å². The van der Waals surface area contributed by atoms with Crippen molar-refractivity contribution in [1.82, 2.24) is 19.9 Å². The Labute approximate surface area is 262 Å². The van der Waals surface area contributed by atoms with Crippen LogP contribution in [-0.2, 0) is 34.5 Å². The molecule has 0 bridgehead atoms. The van der Waals surface area contributed by atoms with E-state index in [-0.39, 0.29) is 24.9 Å². The molecule has 230 valence electrons. The van der Waals surface area contributed by atoms with Gasteiger partial charge < -0.3 is 14.2 Å². The van der Waals surface area contributed by atoms with E-state index < -0.39 is 12.1 Å². The highest BCUT2D eigenvalue weighted by Crippen LogP contribution is 2.37. The molecule has 1 aliphatic rings. The highest BCUT2D eigenvalue weighted by molar-refractivity contribution is 5.94. The lowest BCUT2D eigenvalue weighted by Crippen LogP contribution is -2.35. The fourth-order valence-corrected chi connectivity index (χ4v) is 5.99. The minimum absolute atomic E-state index is 0.0697. The summed E-state index contributed by atoms with van der Waals surface area (Å²) in [5.41, 5.74) is 8.56. The van der Waals surface area contributed by atoms with Crippen LogP contribution in [0.4, 0.5) is 4.79 Å². The molecule has 0 N–H and O–H groups in total. The van der Waals surface area contributed by atoms with Crippen molar-refractivity contribution in [3.05, 3.63) is 124 Å². The topological polar surface area (TPSA) is 95.8 Å². The average Bonchev–Trinajstić information content (AvgIpc) is 3.64. The van der Waals surface area contributed by atoms with Crippen molar-refractivity contribution in [2.45, 2.75) is 45.4 Å². The minimum Gasteiger partial charge on any atom is -0.497 e. The van der Waals surface area contributed by atoms with Crippen LogP contribution in [0.25, 0.3) is 11.0 Å². The van der Waals surface area contributed by atoms with Crippen LogP contribution < -0.4 is 4.74 Å². The van der Waals surface area contributed by atoms with Crippen LogP contribution in [0, 0.1) is 13.8 Å². The van der Waals surface area contributed by atoms with E-state index in [1.165, 1.54) is 4.90 Å². The Morgan fingerprint density at radius 1 is 1.00 bits per heavy atom. The molecule has 1 saturated heterocycles. The van der Waals surface area contributed by atoms with Gasteiger partial charge in [-0.3, -0.25) is 4.79 Å². The maximum absolute atomic E-state index is 14.1. The number of aryl methyl sites for hydroxylation is 3. The van der Waals surface area contributed by atoms with Crippen LogP contribution in [0.15, 0.2) is 84.9 Å². The largest absolute Gasteiger partial charge is 0.497 e. The second kappa shape index (κ2) is 12.9. The SMILES string of the molecule is COc1ccc(COCc2cc(C(CC(=O)N3C(=O)OC[C@@H]3c3ccccc3)c3ccc4c(nnn4C)c3C)ccc2C)cc1. The van der Waals surface area contributed by atoms with Gasteiger partial charge in [0.1, 0.15) is 23.9 Å². The van der Waals surface area contributed by atoms with Gasteiger partial charge in [-0.2, -0.15) is 0 Å². The Balaban J connectivity index is 1.32. The van der Waals surface area contributed by atoms with Crippen LogP contribution in [-0.4, -0.2) is 45.6 Å². The molecule has 45 heavy (non-hydrogen) atoms. The Hall–Kier alpha value is -5.02. The number of ether oxygens (including phenoxy) is 3. The molecule has 1 aromatic heterocycles. The lowest BCUT2D eigenvalue weighted by Gasteiger charge is -2.25. The minimum atomic E-state index is -0.620. The lowest BCUT2D eigenvalue weighted by atomic mass is 9.84. The van der Waals surface area contributed by atoms with Crippen molar-refractivity contribution in [1.29, 1.82) is 0 Å². The van der Waals surface area contributed by atoms with Gasteiger partial charge in [-0.05, 0) is 71.0 Å². The molecule has 2 heterocycles. The number of amides is 2. The molecule has 5 aromatic rings. The van der Waals surface area contributed by atoms with Crippen molar-refractivity contribution in [3.8, 4) is 5.75 Å². The van der Waals surface area contributed by atoms with E-state index in [0.717, 1.165) is 55.7 Å². The summed E-state index contributed by atoms with van der Waals surface area (Å²) in [4.78, 5) is 28.2. The summed E-state index contributed by atoms with van der Waals surface area (Å²) in [5.74, 6) is 0.151. The zero-order chi connectivity index (χ0) is 31.5. The van der Waals surface area contributed by atoms with Crippen molar-refractivity contribution in [3.63, 3.8) is 0 Å². The van der Waals surface area contributed by atoms with Gasteiger partial charge >= 0.3 is 6.09 Å². The van der Waals surface area contributed by atoms with Gasteiger partial charge in [-0.1, -0.05) is 71.9 Å². The van der Waals surface area contributed by atoms with Crippen LogP contribution in [0.2, 0.25) is 0 Å². The molecule has 9 heteroatoms. The molecule has 0 aliphatic carbocycles. The second-order valence-electron chi connectivity index (χ2n) is 11.4. The van der Waals surface area contributed by atoms with Crippen molar-refractivity contribution in [2.75, 3.05) is 13.7 Å². The third kappa shape index (κ3) is 6.17. The summed E-state index contributed by atoms with van der Waals surface area (Å²) in [6.45, 7) is 5.05. The normalized spacial score (nSPS) is 15.3. The first-order valence-corrected chi connectivity index (χ1v) is 15.0. The Morgan fingerprint density at radius 3 is 2.53 bits per heavy atom. The van der Waals surface area contributed by atoms with Gasteiger partial charge in [-0.25, -0.2) is 14.4 Å². The molecule has 2 atom stereocenters. The van der Waals surface area contributed by atoms with Crippen LogP contribution in [0.1, 0.15) is 57.3 Å². The fraction of sp³-hybridized carbons (Fsp3) is 0.278. The molecule has 0 radical (unpaired) electrons. The fourth-order valence-electron chi connectivity index (χ4n) is 5.99. The van der Waals surface area contributed by atoms with E-state index >= 15 is 0 Å². The van der Waals surface area contributed by atoms with Gasteiger partial charge in [0.15, 0.2) is 0 Å². The molecule has 2 amide bonds. The molecule has 4 aromatic carbocycles. The Bertz CT molecular complexity index is 1830. The van der Waals surface area contributed by atoms with E-state index in [1.54, 1.807) is 11.8 Å². The molecular formula is C36H36N4O5. The Kier molecular flexibility index (Phi) is 8.62. The lowest BCUT2D eigenvalue weighted by molar-refractivity contribution is -0.129. The molecule has 9 nitrogen and oxygen atoms in total. The van der Waals surface area contributed by atoms with Crippen molar-refractivity contribution in [2.24, 2.45) is 7.05 Å². The number of benzene rings is 4. The summed E-state index contributed by atoms with van der Waals surface area (Å²) in [6, 6.07) is 27.1. The predicted octanol–water partition coefficient (Wildman–Crippen LogP) is 6.55. The third-order valence-electron chi connectivity index (χ3n) is 8.62. The van der Waals surface area contributed by atoms with Crippen LogP contribution in [0.5, 0.6) is 5.75 Å².